The lowest BCUT2D eigenvalue weighted by Crippen LogP contribution is -2.38. The van der Waals surface area contributed by atoms with E-state index in [1.807, 2.05) is 25.3 Å². The maximum atomic E-state index is 12.4. The molecule has 6 rings (SSSR count). The number of aromatic nitrogens is 4. The molecule has 0 amide bonds. The lowest BCUT2D eigenvalue weighted by Gasteiger charge is -2.34. The minimum absolute atomic E-state index is 0.00772. The van der Waals surface area contributed by atoms with Crippen molar-refractivity contribution in [2.24, 2.45) is 7.05 Å². The van der Waals surface area contributed by atoms with Crippen LogP contribution in [0.4, 0.5) is 17.5 Å². The first kappa shape index (κ1) is 24.8. The van der Waals surface area contributed by atoms with Crippen LogP contribution in [0.5, 0.6) is 0 Å². The van der Waals surface area contributed by atoms with Gasteiger partial charge in [0, 0.05) is 60.5 Å². The SMILES string of the molecule is Cc1cc(-c2cccc3cc([C@@H]4CCCN4c4ncnc(N)c4C#N)c(N4CCOCC4)nc23)cn(C)c1=O. The lowest BCUT2D eigenvalue weighted by molar-refractivity contribution is 0.122. The van der Waals surface area contributed by atoms with Gasteiger partial charge in [-0.3, -0.25) is 4.79 Å². The molecular weight excluding hydrogens is 492 g/mol. The first-order valence-electron chi connectivity index (χ1n) is 13.2. The fourth-order valence-electron chi connectivity index (χ4n) is 5.79. The maximum Gasteiger partial charge on any atom is 0.253 e. The van der Waals surface area contributed by atoms with E-state index in [2.05, 4.69) is 44.0 Å². The first-order chi connectivity index (χ1) is 19.0. The van der Waals surface area contributed by atoms with Crippen LogP contribution in [-0.2, 0) is 11.8 Å². The fourth-order valence-corrected chi connectivity index (χ4v) is 5.79. The maximum absolute atomic E-state index is 12.4. The van der Waals surface area contributed by atoms with E-state index in [1.54, 1.807) is 11.6 Å². The van der Waals surface area contributed by atoms with Crippen molar-refractivity contribution in [2.45, 2.75) is 25.8 Å². The molecule has 2 fully saturated rings. The van der Waals surface area contributed by atoms with Crippen LogP contribution in [0.2, 0.25) is 0 Å². The minimum Gasteiger partial charge on any atom is -0.382 e. The Balaban J connectivity index is 1.54. The zero-order valence-electron chi connectivity index (χ0n) is 22.1. The normalized spacial score (nSPS) is 17.5. The van der Waals surface area contributed by atoms with Gasteiger partial charge >= 0.3 is 0 Å². The highest BCUT2D eigenvalue weighted by molar-refractivity contribution is 5.95. The monoisotopic (exact) mass is 522 g/mol. The number of fused-ring (bicyclic) bond motifs is 1. The van der Waals surface area contributed by atoms with E-state index in [9.17, 15) is 10.1 Å². The summed E-state index contributed by atoms with van der Waals surface area (Å²) in [6.45, 7) is 5.35. The highest BCUT2D eigenvalue weighted by Gasteiger charge is 2.33. The molecule has 0 aliphatic carbocycles. The molecule has 0 bridgehead atoms. The molecular formula is C29H30N8O2. The van der Waals surface area contributed by atoms with Crippen molar-refractivity contribution in [3.05, 3.63) is 69.9 Å². The molecule has 198 valence electrons. The number of rotatable bonds is 4. The number of para-hydroxylation sites is 1. The zero-order chi connectivity index (χ0) is 27.1. The van der Waals surface area contributed by atoms with Gasteiger partial charge < -0.3 is 24.8 Å². The van der Waals surface area contributed by atoms with Crippen LogP contribution < -0.4 is 21.1 Å². The van der Waals surface area contributed by atoms with E-state index in [1.165, 1.54) is 6.33 Å². The summed E-state index contributed by atoms with van der Waals surface area (Å²) < 4.78 is 7.28. The number of hydrogen-bond acceptors (Lipinski definition) is 9. The number of nitriles is 1. The summed E-state index contributed by atoms with van der Waals surface area (Å²) in [6.07, 6.45) is 5.15. The van der Waals surface area contributed by atoms with Gasteiger partial charge in [0.2, 0.25) is 0 Å². The summed E-state index contributed by atoms with van der Waals surface area (Å²) in [5, 5.41) is 10.8. The zero-order valence-corrected chi connectivity index (χ0v) is 22.1. The number of nitrogens with zero attached hydrogens (tertiary/aromatic N) is 7. The molecule has 10 heteroatoms. The van der Waals surface area contributed by atoms with Gasteiger partial charge in [-0.1, -0.05) is 18.2 Å². The van der Waals surface area contributed by atoms with Crippen LogP contribution in [0.1, 0.15) is 35.6 Å². The quantitative estimate of drug-likeness (QED) is 0.429. The average Bonchev–Trinajstić information content (AvgIpc) is 3.44. The molecule has 2 aliphatic rings. The molecule has 2 saturated heterocycles. The van der Waals surface area contributed by atoms with Gasteiger partial charge in [-0.15, -0.1) is 0 Å². The number of nitrogens with two attached hydrogens (primary N) is 1. The third-order valence-electron chi connectivity index (χ3n) is 7.69. The molecule has 2 aliphatic heterocycles. The highest BCUT2D eigenvalue weighted by Crippen LogP contribution is 2.42. The van der Waals surface area contributed by atoms with E-state index in [0.29, 0.717) is 30.2 Å². The van der Waals surface area contributed by atoms with Crippen molar-refractivity contribution in [3.8, 4) is 17.2 Å². The van der Waals surface area contributed by atoms with E-state index < -0.39 is 0 Å². The van der Waals surface area contributed by atoms with Crippen LogP contribution in [0, 0.1) is 18.3 Å². The Bertz CT molecular complexity index is 1640. The van der Waals surface area contributed by atoms with Crippen molar-refractivity contribution < 1.29 is 4.74 Å². The number of benzene rings is 1. The first-order valence-corrected chi connectivity index (χ1v) is 13.2. The molecule has 0 spiro atoms. The van der Waals surface area contributed by atoms with Gasteiger partial charge in [0.15, 0.2) is 5.82 Å². The Morgan fingerprint density at radius 2 is 1.95 bits per heavy atom. The molecule has 0 unspecified atom stereocenters. The van der Waals surface area contributed by atoms with E-state index >= 15 is 0 Å². The molecule has 3 aromatic heterocycles. The average molecular weight is 523 g/mol. The van der Waals surface area contributed by atoms with Crippen molar-refractivity contribution in [3.63, 3.8) is 0 Å². The van der Waals surface area contributed by atoms with Crippen LogP contribution >= 0.6 is 0 Å². The Labute approximate surface area is 226 Å². The van der Waals surface area contributed by atoms with Gasteiger partial charge in [-0.05, 0) is 31.9 Å². The minimum atomic E-state index is -0.0235. The number of nitrogen functional groups attached to an aromatic ring is 1. The molecule has 10 nitrogen and oxygen atoms in total. The predicted molar refractivity (Wildman–Crippen MR) is 151 cm³/mol. The second kappa shape index (κ2) is 10.0. The summed E-state index contributed by atoms with van der Waals surface area (Å²) in [5.41, 5.74) is 10.9. The second-order valence-electron chi connectivity index (χ2n) is 10.1. The molecule has 2 N–H and O–H groups in total. The van der Waals surface area contributed by atoms with E-state index in [-0.39, 0.29) is 17.4 Å². The number of hydrogen-bond donors (Lipinski definition) is 1. The molecule has 0 radical (unpaired) electrons. The molecule has 4 aromatic rings. The molecule has 39 heavy (non-hydrogen) atoms. The summed E-state index contributed by atoms with van der Waals surface area (Å²) >= 11 is 0. The number of anilines is 3. The number of morpholine rings is 1. The number of aryl methyl sites for hydroxylation is 2. The van der Waals surface area contributed by atoms with Crippen molar-refractivity contribution in [2.75, 3.05) is 48.4 Å². The van der Waals surface area contributed by atoms with Crippen LogP contribution in [0.15, 0.2) is 47.7 Å². The summed E-state index contributed by atoms with van der Waals surface area (Å²) in [4.78, 5) is 30.7. The van der Waals surface area contributed by atoms with Gasteiger partial charge in [0.25, 0.3) is 5.56 Å². The Kier molecular flexibility index (Phi) is 6.37. The Morgan fingerprint density at radius 3 is 2.72 bits per heavy atom. The Morgan fingerprint density at radius 1 is 1.13 bits per heavy atom. The predicted octanol–water partition coefficient (Wildman–Crippen LogP) is 3.33. The van der Waals surface area contributed by atoms with E-state index in [0.717, 1.165) is 65.9 Å². The van der Waals surface area contributed by atoms with Crippen LogP contribution in [0.3, 0.4) is 0 Å². The second-order valence-corrected chi connectivity index (χ2v) is 10.1. The van der Waals surface area contributed by atoms with Crippen LogP contribution in [0.25, 0.3) is 22.0 Å². The van der Waals surface area contributed by atoms with Gasteiger partial charge in [0.05, 0.1) is 24.8 Å². The largest absolute Gasteiger partial charge is 0.382 e. The fraction of sp³-hybridized carbons (Fsp3) is 0.345. The Hall–Kier alpha value is -4.49. The van der Waals surface area contributed by atoms with Crippen molar-refractivity contribution >= 4 is 28.4 Å². The molecule has 5 heterocycles. The van der Waals surface area contributed by atoms with E-state index in [4.69, 9.17) is 15.5 Å². The summed E-state index contributed by atoms with van der Waals surface area (Å²) in [7, 11) is 1.78. The lowest BCUT2D eigenvalue weighted by atomic mass is 9.98. The number of ether oxygens (including phenoxy) is 1. The van der Waals surface area contributed by atoms with Gasteiger partial charge in [0.1, 0.15) is 29.6 Å². The van der Waals surface area contributed by atoms with Crippen molar-refractivity contribution in [1.29, 1.82) is 5.26 Å². The third kappa shape index (κ3) is 4.34. The molecule has 1 aromatic carbocycles. The third-order valence-corrected chi connectivity index (χ3v) is 7.69. The molecule has 1 atom stereocenters. The smallest absolute Gasteiger partial charge is 0.253 e. The summed E-state index contributed by atoms with van der Waals surface area (Å²) in [5.74, 6) is 1.67. The summed E-state index contributed by atoms with van der Waals surface area (Å²) in [6, 6.07) is 12.5. The molecule has 0 saturated carbocycles. The van der Waals surface area contributed by atoms with Crippen molar-refractivity contribution in [1.82, 2.24) is 19.5 Å². The van der Waals surface area contributed by atoms with Crippen LogP contribution in [-0.4, -0.2) is 52.4 Å². The number of pyridine rings is 2. The topological polar surface area (TPSA) is 126 Å². The van der Waals surface area contributed by atoms with Gasteiger partial charge in [-0.25, -0.2) is 15.0 Å². The standard InChI is InChI=1S/C29H30N8O2/c1-18-13-20(16-35(2)29(18)38)21-6-3-5-19-14-22(28(34-25(19)21)36-9-11-39-12-10-36)24-7-4-8-37(24)27-23(15-30)26(31)32-17-33-27/h3,5-6,13-14,16-17,24H,4,7-12H2,1-2H3,(H2,31,32,33)/t24-/m0/s1. The highest BCUT2D eigenvalue weighted by atomic mass is 16.5. The van der Waals surface area contributed by atoms with Gasteiger partial charge in [-0.2, -0.15) is 5.26 Å².